The zero-order valence-corrected chi connectivity index (χ0v) is 56.9. The molecule has 2 heterocycles. The fourth-order valence-corrected chi connectivity index (χ4v) is 19.9. The van der Waals surface area contributed by atoms with Gasteiger partial charge in [0.05, 0.1) is 0 Å². The van der Waals surface area contributed by atoms with E-state index in [1.165, 1.54) is 225 Å². The standard InChI is InChI=1S/C52H30S.C48H28S/c1-2-14-32-29-49-45(27-31(32)13-1)44-28-33(25-26-48(44)53-49)50-40-21-9-11-23-42(40)52(43-24-12-10-22-41(43)50)47-30-46-36-17-4-3-15-34(36)35-16-5-7-19-38(35)51(46)39-20-8-6-18-37(39)47;1-2-11-30-25-42-33(24-29(30)10-1)20-22-36-35(42)18-9-19-37(36)48-40-16-7-5-14-38(40)47(39-15-6-8-17-41(39)48)34-21-23-45-43(27-34)44-26-31-12-3-4-13-32(31)28-46(44)49-45/h1-30H;1-28H. The first kappa shape index (κ1) is 57.4. The lowest BCUT2D eigenvalue weighted by Crippen LogP contribution is -1.93. The summed E-state index contributed by atoms with van der Waals surface area (Å²) in [5.74, 6) is 0. The summed E-state index contributed by atoms with van der Waals surface area (Å²) in [6.45, 7) is 0. The second kappa shape index (κ2) is 22.5. The van der Waals surface area contributed by atoms with Gasteiger partial charge in [0.25, 0.3) is 0 Å². The Morgan fingerprint density at radius 3 is 0.922 bits per heavy atom. The highest BCUT2D eigenvalue weighted by molar-refractivity contribution is 7.26. The van der Waals surface area contributed by atoms with Crippen molar-refractivity contribution in [2.45, 2.75) is 0 Å². The summed E-state index contributed by atoms with van der Waals surface area (Å²) in [7, 11) is 0. The van der Waals surface area contributed by atoms with Crippen molar-refractivity contribution in [3.8, 4) is 44.5 Å². The molecule has 0 saturated carbocycles. The van der Waals surface area contributed by atoms with Crippen molar-refractivity contribution in [2.75, 3.05) is 0 Å². The molecular weight excluding hydrogens is 1270 g/mol. The van der Waals surface area contributed by atoms with Crippen LogP contribution in [0.25, 0.3) is 225 Å². The van der Waals surface area contributed by atoms with Gasteiger partial charge >= 0.3 is 0 Å². The first-order valence-corrected chi connectivity index (χ1v) is 36.9. The molecule has 21 aromatic carbocycles. The fourth-order valence-electron chi connectivity index (χ4n) is 17.7. The number of hydrogen-bond donors (Lipinski definition) is 0. The molecule has 2 aromatic heterocycles. The minimum Gasteiger partial charge on any atom is -0.135 e. The van der Waals surface area contributed by atoms with Crippen molar-refractivity contribution < 1.29 is 0 Å². The van der Waals surface area contributed by atoms with Crippen molar-refractivity contribution in [1.29, 1.82) is 0 Å². The Morgan fingerprint density at radius 1 is 0.137 bits per heavy atom. The van der Waals surface area contributed by atoms with E-state index in [2.05, 4.69) is 352 Å². The fraction of sp³-hybridized carbons (Fsp3) is 0. The quantitative estimate of drug-likeness (QED) is 0.122. The number of thiophene rings is 2. The zero-order valence-electron chi connectivity index (χ0n) is 55.3. The molecule has 102 heavy (non-hydrogen) atoms. The molecule has 23 aromatic rings. The van der Waals surface area contributed by atoms with E-state index in [1.807, 2.05) is 22.7 Å². The normalized spacial score (nSPS) is 12.1. The summed E-state index contributed by atoms with van der Waals surface area (Å²) in [4.78, 5) is 0. The summed E-state index contributed by atoms with van der Waals surface area (Å²) in [6, 6.07) is 131. The van der Waals surface area contributed by atoms with Crippen LogP contribution in [0.5, 0.6) is 0 Å². The van der Waals surface area contributed by atoms with Crippen molar-refractivity contribution in [3.63, 3.8) is 0 Å². The van der Waals surface area contributed by atoms with E-state index in [1.54, 1.807) is 0 Å². The summed E-state index contributed by atoms with van der Waals surface area (Å²) < 4.78 is 5.33. The van der Waals surface area contributed by atoms with Crippen LogP contribution in [0.15, 0.2) is 352 Å². The van der Waals surface area contributed by atoms with E-state index in [-0.39, 0.29) is 0 Å². The first-order valence-electron chi connectivity index (χ1n) is 35.3. The number of rotatable bonds is 4. The second-order valence-corrected chi connectivity index (χ2v) is 29.7. The average Bonchev–Trinajstić information content (AvgIpc) is 0.731. The summed E-state index contributed by atoms with van der Waals surface area (Å²) in [5, 5.41) is 38.8. The van der Waals surface area contributed by atoms with E-state index >= 15 is 0 Å². The predicted octanol–water partition coefficient (Wildman–Crippen LogP) is 29.8. The van der Waals surface area contributed by atoms with Crippen molar-refractivity contribution in [1.82, 2.24) is 0 Å². The van der Waals surface area contributed by atoms with Crippen LogP contribution in [0.2, 0.25) is 0 Å². The molecule has 0 saturated heterocycles. The van der Waals surface area contributed by atoms with Gasteiger partial charge in [-0.15, -0.1) is 22.7 Å². The lowest BCUT2D eigenvalue weighted by molar-refractivity contribution is 1.70. The van der Waals surface area contributed by atoms with Gasteiger partial charge in [0.2, 0.25) is 0 Å². The van der Waals surface area contributed by atoms with Gasteiger partial charge < -0.3 is 0 Å². The lowest BCUT2D eigenvalue weighted by Gasteiger charge is -2.20. The molecule has 0 radical (unpaired) electrons. The number of fused-ring (bicyclic) bond motifs is 24. The maximum atomic E-state index is 2.49. The van der Waals surface area contributed by atoms with E-state index in [9.17, 15) is 0 Å². The highest BCUT2D eigenvalue weighted by atomic mass is 32.1. The summed E-state index contributed by atoms with van der Waals surface area (Å²) in [6.07, 6.45) is 0. The Bertz CT molecular complexity index is 7460. The molecule has 0 unspecified atom stereocenters. The van der Waals surface area contributed by atoms with E-state index in [4.69, 9.17) is 0 Å². The Kier molecular flexibility index (Phi) is 12.6. The molecule has 0 atom stereocenters. The molecule has 2 heteroatoms. The van der Waals surface area contributed by atoms with Crippen LogP contribution in [0, 0.1) is 0 Å². The van der Waals surface area contributed by atoms with Crippen LogP contribution < -0.4 is 0 Å². The third-order valence-corrected chi connectivity index (χ3v) is 24.4. The van der Waals surface area contributed by atoms with Crippen LogP contribution in [0.4, 0.5) is 0 Å². The minimum absolute atomic E-state index is 1.25. The molecule has 23 rings (SSSR count). The Balaban J connectivity index is 0.000000129. The van der Waals surface area contributed by atoms with Crippen LogP contribution in [-0.2, 0) is 0 Å². The Morgan fingerprint density at radius 2 is 0.451 bits per heavy atom. The SMILES string of the molecule is c1ccc2cc3c(cc2c1)sc1ccc(-c2c4ccccc4c(-c4cc5c6ccccc6c6ccccc6c5c5ccccc45)c4ccccc24)cc13.c1ccc2cc3c(ccc4c(-c5c6ccccc6c(-c6ccc7sc8cc9ccccc9cc8c7c6)c6ccccc56)cccc43)cc2c1. The maximum Gasteiger partial charge on any atom is 0.0361 e. The number of hydrogen-bond acceptors (Lipinski definition) is 2. The highest BCUT2D eigenvalue weighted by Gasteiger charge is 2.24. The average molecular weight is 1320 g/mol. The molecule has 0 fully saturated rings. The Labute approximate surface area is 595 Å². The van der Waals surface area contributed by atoms with Crippen LogP contribution in [0.3, 0.4) is 0 Å². The van der Waals surface area contributed by atoms with Gasteiger partial charge in [-0.3, -0.25) is 0 Å². The predicted molar refractivity (Wildman–Crippen MR) is 448 cm³/mol. The van der Waals surface area contributed by atoms with Crippen LogP contribution in [0.1, 0.15) is 0 Å². The first-order chi connectivity index (χ1) is 50.6. The van der Waals surface area contributed by atoms with E-state index in [0.29, 0.717) is 0 Å². The zero-order chi connectivity index (χ0) is 66.7. The van der Waals surface area contributed by atoms with Crippen LogP contribution >= 0.6 is 22.7 Å². The van der Waals surface area contributed by atoms with Crippen LogP contribution in [-0.4, -0.2) is 0 Å². The van der Waals surface area contributed by atoms with Crippen molar-refractivity contribution >= 4 is 203 Å². The molecule has 0 spiro atoms. The molecule has 0 bridgehead atoms. The largest absolute Gasteiger partial charge is 0.135 e. The topological polar surface area (TPSA) is 0 Å². The molecular formula is C100H58S2. The third-order valence-electron chi connectivity index (χ3n) is 22.1. The lowest BCUT2D eigenvalue weighted by atomic mass is 9.82. The number of benzene rings is 21. The molecule has 0 N–H and O–H groups in total. The molecule has 0 aliphatic carbocycles. The van der Waals surface area contributed by atoms with Gasteiger partial charge in [-0.05, 0) is 251 Å². The summed E-state index contributed by atoms with van der Waals surface area (Å²) in [5.41, 5.74) is 10.3. The molecule has 0 amide bonds. The smallest absolute Gasteiger partial charge is 0.0361 e. The van der Waals surface area contributed by atoms with E-state index in [0.717, 1.165) is 0 Å². The van der Waals surface area contributed by atoms with Crippen molar-refractivity contribution in [3.05, 3.63) is 352 Å². The second-order valence-electron chi connectivity index (χ2n) is 27.6. The Hall–Kier alpha value is -12.6. The van der Waals surface area contributed by atoms with Crippen molar-refractivity contribution in [2.24, 2.45) is 0 Å². The van der Waals surface area contributed by atoms with Gasteiger partial charge in [-0.2, -0.15) is 0 Å². The third kappa shape index (κ3) is 8.67. The minimum atomic E-state index is 1.25. The van der Waals surface area contributed by atoms with Gasteiger partial charge in [0.15, 0.2) is 0 Å². The monoisotopic (exact) mass is 1320 g/mol. The maximum absolute atomic E-state index is 2.49. The molecule has 470 valence electrons. The van der Waals surface area contributed by atoms with Gasteiger partial charge in [-0.1, -0.05) is 285 Å². The summed E-state index contributed by atoms with van der Waals surface area (Å²) >= 11 is 3.78. The molecule has 0 nitrogen and oxygen atoms in total. The van der Waals surface area contributed by atoms with Gasteiger partial charge in [-0.25, -0.2) is 0 Å². The van der Waals surface area contributed by atoms with Gasteiger partial charge in [0.1, 0.15) is 0 Å². The molecule has 0 aliphatic heterocycles. The molecule has 0 aliphatic rings. The van der Waals surface area contributed by atoms with Gasteiger partial charge in [0, 0.05) is 40.3 Å². The van der Waals surface area contributed by atoms with E-state index < -0.39 is 0 Å². The highest BCUT2D eigenvalue weighted by Crippen LogP contribution is 2.52.